The van der Waals surface area contributed by atoms with E-state index in [1.54, 1.807) is 24.3 Å². The third-order valence-electron chi connectivity index (χ3n) is 2.75. The van der Waals surface area contributed by atoms with Crippen LogP contribution in [0.25, 0.3) is 0 Å². The highest BCUT2D eigenvalue weighted by Crippen LogP contribution is 2.18. The molecule has 0 unspecified atom stereocenters. The van der Waals surface area contributed by atoms with E-state index in [4.69, 9.17) is 10.00 Å². The molecule has 0 saturated heterocycles. The molecule has 0 aliphatic rings. The zero-order chi connectivity index (χ0) is 15.2. The van der Waals surface area contributed by atoms with Crippen molar-refractivity contribution >= 4 is 11.5 Å². The zero-order valence-electron chi connectivity index (χ0n) is 10.9. The first-order chi connectivity index (χ1) is 10.1. The number of nitriles is 1. The number of Topliss-reactive ketones (excluding diaryl/α,β-unsaturated/α-hetero) is 1. The first-order valence-electron chi connectivity index (χ1n) is 6.01. The van der Waals surface area contributed by atoms with Gasteiger partial charge in [0.15, 0.2) is 12.4 Å². The van der Waals surface area contributed by atoms with Crippen molar-refractivity contribution in [3.63, 3.8) is 0 Å². The Morgan fingerprint density at radius 1 is 1.24 bits per heavy atom. The number of non-ortho nitro benzene ring substituents is 1. The van der Waals surface area contributed by atoms with Gasteiger partial charge in [-0.1, -0.05) is 24.3 Å². The van der Waals surface area contributed by atoms with Crippen molar-refractivity contribution in [2.75, 3.05) is 6.61 Å². The van der Waals surface area contributed by atoms with E-state index >= 15 is 0 Å². The van der Waals surface area contributed by atoms with Crippen molar-refractivity contribution in [2.45, 2.75) is 0 Å². The Labute approximate surface area is 120 Å². The van der Waals surface area contributed by atoms with Crippen LogP contribution < -0.4 is 4.74 Å². The number of ether oxygens (including phenoxy) is 1. The van der Waals surface area contributed by atoms with Gasteiger partial charge >= 0.3 is 0 Å². The summed E-state index contributed by atoms with van der Waals surface area (Å²) in [6.07, 6.45) is 0. The molecule has 2 aromatic rings. The Bertz CT molecular complexity index is 734. The lowest BCUT2D eigenvalue weighted by atomic mass is 10.1. The van der Waals surface area contributed by atoms with Crippen LogP contribution in [0.4, 0.5) is 5.69 Å². The summed E-state index contributed by atoms with van der Waals surface area (Å²) in [5, 5.41) is 19.6. The lowest BCUT2D eigenvalue weighted by molar-refractivity contribution is -0.384. The molecule has 0 N–H and O–H groups in total. The Morgan fingerprint density at radius 2 is 2.00 bits per heavy atom. The van der Waals surface area contributed by atoms with Crippen LogP contribution in [0.3, 0.4) is 0 Å². The van der Waals surface area contributed by atoms with Crippen molar-refractivity contribution in [1.82, 2.24) is 0 Å². The van der Waals surface area contributed by atoms with E-state index in [0.717, 1.165) is 0 Å². The molecule has 21 heavy (non-hydrogen) atoms. The third-order valence-corrected chi connectivity index (χ3v) is 2.75. The van der Waals surface area contributed by atoms with Gasteiger partial charge < -0.3 is 4.74 Å². The van der Waals surface area contributed by atoms with Crippen LogP contribution >= 0.6 is 0 Å². The fraction of sp³-hybridized carbons (Fsp3) is 0.0667. The maximum atomic E-state index is 12.0. The fourth-order valence-electron chi connectivity index (χ4n) is 1.70. The highest BCUT2D eigenvalue weighted by atomic mass is 16.6. The maximum Gasteiger partial charge on any atom is 0.270 e. The Balaban J connectivity index is 2.10. The molecule has 0 atom stereocenters. The number of hydrogen-bond donors (Lipinski definition) is 0. The number of rotatable bonds is 5. The minimum atomic E-state index is -0.567. The molecule has 0 spiro atoms. The van der Waals surface area contributed by atoms with E-state index in [9.17, 15) is 14.9 Å². The molecule has 0 saturated carbocycles. The first kappa shape index (κ1) is 14.2. The highest BCUT2D eigenvalue weighted by molar-refractivity contribution is 5.97. The number of hydrogen-bond acceptors (Lipinski definition) is 5. The number of nitrogens with zero attached hydrogens (tertiary/aromatic N) is 2. The van der Waals surface area contributed by atoms with Gasteiger partial charge in [0.05, 0.1) is 10.5 Å². The number of benzene rings is 2. The number of nitro groups is 1. The van der Waals surface area contributed by atoms with E-state index < -0.39 is 10.7 Å². The molecule has 104 valence electrons. The molecule has 0 heterocycles. The lowest BCUT2D eigenvalue weighted by Crippen LogP contribution is -2.12. The van der Waals surface area contributed by atoms with Crippen molar-refractivity contribution in [1.29, 1.82) is 5.26 Å². The van der Waals surface area contributed by atoms with Crippen LogP contribution in [0.15, 0.2) is 48.5 Å². The molecular weight excluding hydrogens is 272 g/mol. The molecule has 2 aromatic carbocycles. The first-order valence-corrected chi connectivity index (χ1v) is 6.01. The van der Waals surface area contributed by atoms with Crippen LogP contribution in [0.2, 0.25) is 0 Å². The molecular formula is C15H10N2O4. The summed E-state index contributed by atoms with van der Waals surface area (Å²) in [5.41, 5.74) is 0.362. The average molecular weight is 282 g/mol. The third kappa shape index (κ3) is 3.42. The van der Waals surface area contributed by atoms with Crippen LogP contribution in [0, 0.1) is 21.4 Å². The monoisotopic (exact) mass is 282 g/mol. The number of carbonyl (C=O) groups excluding carboxylic acids is 1. The molecule has 6 heteroatoms. The topological polar surface area (TPSA) is 93.2 Å². The summed E-state index contributed by atoms with van der Waals surface area (Å²) >= 11 is 0. The number of carbonyl (C=O) groups is 1. The van der Waals surface area contributed by atoms with Gasteiger partial charge in [-0.2, -0.15) is 5.26 Å². The quantitative estimate of drug-likeness (QED) is 0.477. The Morgan fingerprint density at radius 3 is 2.71 bits per heavy atom. The highest BCUT2D eigenvalue weighted by Gasteiger charge is 2.12. The molecule has 0 amide bonds. The molecule has 2 rings (SSSR count). The van der Waals surface area contributed by atoms with E-state index in [1.807, 2.05) is 6.07 Å². The fourth-order valence-corrected chi connectivity index (χ4v) is 1.70. The minimum absolute atomic E-state index is 0.154. The summed E-state index contributed by atoms with van der Waals surface area (Å²) in [5.74, 6) is -0.0924. The number of nitro benzene ring substituents is 1. The van der Waals surface area contributed by atoms with Crippen molar-refractivity contribution in [2.24, 2.45) is 0 Å². The summed E-state index contributed by atoms with van der Waals surface area (Å²) in [4.78, 5) is 22.1. The van der Waals surface area contributed by atoms with Gasteiger partial charge in [0, 0.05) is 17.7 Å². The molecule has 0 bridgehead atoms. The predicted molar refractivity (Wildman–Crippen MR) is 74.1 cm³/mol. The summed E-state index contributed by atoms with van der Waals surface area (Å²) in [6.45, 7) is -0.292. The van der Waals surface area contributed by atoms with Gasteiger partial charge in [-0.15, -0.1) is 0 Å². The van der Waals surface area contributed by atoms with Crippen molar-refractivity contribution in [3.8, 4) is 11.8 Å². The Hall–Kier alpha value is -3.20. The van der Waals surface area contributed by atoms with E-state index in [0.29, 0.717) is 11.3 Å². The van der Waals surface area contributed by atoms with Crippen LogP contribution in [0.5, 0.6) is 5.75 Å². The average Bonchev–Trinajstić information content (AvgIpc) is 2.52. The second-order valence-corrected chi connectivity index (χ2v) is 4.13. The maximum absolute atomic E-state index is 12.0. The largest absolute Gasteiger partial charge is 0.484 e. The van der Waals surface area contributed by atoms with Crippen LogP contribution in [-0.2, 0) is 0 Å². The van der Waals surface area contributed by atoms with Crippen molar-refractivity contribution < 1.29 is 14.5 Å². The Kier molecular flexibility index (Phi) is 4.26. The molecule has 0 radical (unpaired) electrons. The van der Waals surface area contributed by atoms with Crippen molar-refractivity contribution in [3.05, 3.63) is 69.8 Å². The normalized spacial score (nSPS) is 9.67. The van der Waals surface area contributed by atoms with Gasteiger partial charge in [0.1, 0.15) is 11.8 Å². The minimum Gasteiger partial charge on any atom is -0.484 e. The van der Waals surface area contributed by atoms with Gasteiger partial charge in [0.2, 0.25) is 0 Å². The predicted octanol–water partition coefficient (Wildman–Crippen LogP) is 2.73. The van der Waals surface area contributed by atoms with Crippen LogP contribution in [-0.4, -0.2) is 17.3 Å². The zero-order valence-corrected chi connectivity index (χ0v) is 10.9. The van der Waals surface area contributed by atoms with Gasteiger partial charge in [0.25, 0.3) is 5.69 Å². The van der Waals surface area contributed by atoms with E-state index in [-0.39, 0.29) is 17.9 Å². The smallest absolute Gasteiger partial charge is 0.270 e. The lowest BCUT2D eigenvalue weighted by Gasteiger charge is -2.06. The van der Waals surface area contributed by atoms with Gasteiger partial charge in [-0.3, -0.25) is 14.9 Å². The summed E-state index contributed by atoms with van der Waals surface area (Å²) < 4.78 is 5.30. The number of ketones is 1. The molecule has 0 aliphatic heterocycles. The van der Waals surface area contributed by atoms with Gasteiger partial charge in [-0.05, 0) is 12.1 Å². The molecule has 0 fully saturated rings. The number of para-hydroxylation sites is 1. The van der Waals surface area contributed by atoms with Crippen LogP contribution in [0.1, 0.15) is 15.9 Å². The standard InChI is InChI=1S/C15H10N2O4/c16-9-12-4-1-2-7-15(12)21-10-14(18)11-5-3-6-13(8-11)17(19)20/h1-8H,10H2. The SMILES string of the molecule is N#Cc1ccccc1OCC(=O)c1cccc([N+](=O)[O-])c1. The molecule has 0 aromatic heterocycles. The summed E-state index contributed by atoms with van der Waals surface area (Å²) in [7, 11) is 0. The molecule has 6 nitrogen and oxygen atoms in total. The second-order valence-electron chi connectivity index (χ2n) is 4.13. The van der Waals surface area contributed by atoms with Gasteiger partial charge in [-0.25, -0.2) is 0 Å². The summed E-state index contributed by atoms with van der Waals surface area (Å²) in [6, 6.07) is 13.9. The molecule has 0 aliphatic carbocycles. The van der Waals surface area contributed by atoms with E-state index in [2.05, 4.69) is 0 Å². The van der Waals surface area contributed by atoms with E-state index in [1.165, 1.54) is 24.3 Å². The second kappa shape index (κ2) is 6.30.